The third-order valence-electron chi connectivity index (χ3n) is 1.76. The van der Waals surface area contributed by atoms with Gasteiger partial charge in [-0.25, -0.2) is 0 Å². The van der Waals surface area contributed by atoms with Gasteiger partial charge in [-0.05, 0) is 26.3 Å². The standard InChI is InChI=1S/C13H19O2/c1-13(2,3)15-10-9-14-11-12-7-5-4-6-8-12/h4-8,11H,9-10H2,1-3H3. The molecule has 0 fully saturated rings. The SMILES string of the molecule is CC(C)(C)OCCO[CH]c1ccccc1. The first kappa shape index (κ1) is 12.2. The summed E-state index contributed by atoms with van der Waals surface area (Å²) in [6, 6.07) is 9.97. The molecule has 0 amide bonds. The molecule has 0 aliphatic heterocycles. The van der Waals surface area contributed by atoms with Gasteiger partial charge in [-0.1, -0.05) is 30.3 Å². The van der Waals surface area contributed by atoms with Crippen LogP contribution in [-0.2, 0) is 9.47 Å². The van der Waals surface area contributed by atoms with Crippen molar-refractivity contribution in [2.75, 3.05) is 13.2 Å². The van der Waals surface area contributed by atoms with Crippen molar-refractivity contribution in [1.29, 1.82) is 0 Å². The Bertz CT molecular complexity index is 262. The summed E-state index contributed by atoms with van der Waals surface area (Å²) in [5.41, 5.74) is 0.990. The van der Waals surface area contributed by atoms with Gasteiger partial charge in [0.05, 0.1) is 18.8 Å². The second kappa shape index (κ2) is 5.89. The predicted octanol–water partition coefficient (Wildman–Crippen LogP) is 3.03. The summed E-state index contributed by atoms with van der Waals surface area (Å²) in [4.78, 5) is 0. The summed E-state index contributed by atoms with van der Waals surface area (Å²) < 4.78 is 10.9. The van der Waals surface area contributed by atoms with Crippen molar-refractivity contribution in [2.24, 2.45) is 0 Å². The van der Waals surface area contributed by atoms with Gasteiger partial charge in [-0.2, -0.15) is 0 Å². The fraction of sp³-hybridized carbons (Fsp3) is 0.462. The van der Waals surface area contributed by atoms with Crippen molar-refractivity contribution in [2.45, 2.75) is 26.4 Å². The molecule has 0 atom stereocenters. The van der Waals surface area contributed by atoms with Crippen LogP contribution in [0.5, 0.6) is 0 Å². The third-order valence-corrected chi connectivity index (χ3v) is 1.76. The van der Waals surface area contributed by atoms with Crippen LogP contribution < -0.4 is 0 Å². The van der Waals surface area contributed by atoms with Crippen molar-refractivity contribution in [3.63, 3.8) is 0 Å². The van der Waals surface area contributed by atoms with E-state index in [1.54, 1.807) is 6.61 Å². The normalized spacial score (nSPS) is 11.7. The van der Waals surface area contributed by atoms with Crippen molar-refractivity contribution in [1.82, 2.24) is 0 Å². The molecule has 1 radical (unpaired) electrons. The van der Waals surface area contributed by atoms with E-state index in [1.807, 2.05) is 51.1 Å². The van der Waals surface area contributed by atoms with Gasteiger partial charge in [0.15, 0.2) is 0 Å². The van der Waals surface area contributed by atoms with Gasteiger partial charge in [0, 0.05) is 0 Å². The van der Waals surface area contributed by atoms with Crippen molar-refractivity contribution in [3.05, 3.63) is 42.5 Å². The monoisotopic (exact) mass is 207 g/mol. The first-order valence-electron chi connectivity index (χ1n) is 5.22. The number of hydrogen-bond donors (Lipinski definition) is 0. The second-order valence-corrected chi connectivity index (χ2v) is 4.36. The van der Waals surface area contributed by atoms with Crippen LogP contribution in [-0.4, -0.2) is 18.8 Å². The Labute approximate surface area is 92.2 Å². The number of benzene rings is 1. The molecular weight excluding hydrogens is 188 g/mol. The van der Waals surface area contributed by atoms with Crippen LogP contribution in [0.2, 0.25) is 0 Å². The number of rotatable bonds is 5. The smallest absolute Gasteiger partial charge is 0.113 e. The van der Waals surface area contributed by atoms with Crippen LogP contribution in [0.3, 0.4) is 0 Å². The zero-order chi connectivity index (χ0) is 11.1. The molecule has 2 nitrogen and oxygen atoms in total. The minimum Gasteiger partial charge on any atom is -0.373 e. The summed E-state index contributed by atoms with van der Waals surface area (Å²) in [6.07, 6.45) is 0. The highest BCUT2D eigenvalue weighted by molar-refractivity contribution is 5.19. The van der Waals surface area contributed by atoms with Gasteiger partial charge in [0.25, 0.3) is 0 Å². The highest BCUT2D eigenvalue weighted by atomic mass is 16.5. The van der Waals surface area contributed by atoms with Gasteiger partial charge >= 0.3 is 0 Å². The van der Waals surface area contributed by atoms with Crippen LogP contribution in [0, 0.1) is 6.61 Å². The van der Waals surface area contributed by atoms with Gasteiger partial charge in [-0.3, -0.25) is 0 Å². The summed E-state index contributed by atoms with van der Waals surface area (Å²) in [7, 11) is 0. The molecule has 0 saturated carbocycles. The molecule has 0 N–H and O–H groups in total. The van der Waals surface area contributed by atoms with E-state index in [0.29, 0.717) is 13.2 Å². The number of hydrogen-bond acceptors (Lipinski definition) is 2. The Morgan fingerprint density at radius 2 is 1.73 bits per heavy atom. The highest BCUT2D eigenvalue weighted by Gasteiger charge is 2.08. The molecule has 0 spiro atoms. The van der Waals surface area contributed by atoms with Crippen LogP contribution in [0.25, 0.3) is 0 Å². The van der Waals surface area contributed by atoms with Crippen LogP contribution >= 0.6 is 0 Å². The molecule has 0 heterocycles. The molecule has 15 heavy (non-hydrogen) atoms. The summed E-state index contributed by atoms with van der Waals surface area (Å²) in [6.45, 7) is 9.07. The molecule has 0 aliphatic carbocycles. The highest BCUT2D eigenvalue weighted by Crippen LogP contribution is 2.07. The quantitative estimate of drug-likeness (QED) is 0.691. The van der Waals surface area contributed by atoms with Gasteiger partial charge in [0.2, 0.25) is 0 Å². The zero-order valence-electron chi connectivity index (χ0n) is 9.69. The Morgan fingerprint density at radius 3 is 2.33 bits per heavy atom. The third kappa shape index (κ3) is 6.26. The van der Waals surface area contributed by atoms with Crippen LogP contribution in [0.1, 0.15) is 26.3 Å². The fourth-order valence-corrected chi connectivity index (χ4v) is 1.08. The van der Waals surface area contributed by atoms with E-state index in [4.69, 9.17) is 9.47 Å². The van der Waals surface area contributed by atoms with E-state index in [9.17, 15) is 0 Å². The Hall–Kier alpha value is -0.860. The maximum absolute atomic E-state index is 5.52. The molecule has 2 heteroatoms. The first-order chi connectivity index (χ1) is 7.08. The lowest BCUT2D eigenvalue weighted by Crippen LogP contribution is -2.21. The largest absolute Gasteiger partial charge is 0.373 e. The van der Waals surface area contributed by atoms with Gasteiger partial charge in [-0.15, -0.1) is 0 Å². The predicted molar refractivity (Wildman–Crippen MR) is 61.5 cm³/mol. The molecule has 0 aliphatic rings. The van der Waals surface area contributed by atoms with E-state index in [-0.39, 0.29) is 5.60 Å². The Kier molecular flexibility index (Phi) is 4.79. The second-order valence-electron chi connectivity index (χ2n) is 4.36. The summed E-state index contributed by atoms with van der Waals surface area (Å²) >= 11 is 0. The van der Waals surface area contributed by atoms with E-state index in [2.05, 4.69) is 0 Å². The molecule has 0 saturated heterocycles. The van der Waals surface area contributed by atoms with Crippen LogP contribution in [0.4, 0.5) is 0 Å². The lowest BCUT2D eigenvalue weighted by atomic mass is 10.2. The van der Waals surface area contributed by atoms with Crippen molar-refractivity contribution >= 4 is 0 Å². The molecular formula is C13H19O2. The molecule has 0 bridgehead atoms. The Morgan fingerprint density at radius 1 is 1.07 bits per heavy atom. The number of ether oxygens (including phenoxy) is 2. The lowest BCUT2D eigenvalue weighted by Gasteiger charge is -2.19. The molecule has 1 aromatic carbocycles. The minimum atomic E-state index is -0.0872. The molecule has 1 rings (SSSR count). The molecule has 0 aromatic heterocycles. The topological polar surface area (TPSA) is 18.5 Å². The molecule has 0 unspecified atom stereocenters. The Balaban J connectivity index is 2.08. The lowest BCUT2D eigenvalue weighted by molar-refractivity contribution is -0.0253. The van der Waals surface area contributed by atoms with Crippen molar-refractivity contribution in [3.8, 4) is 0 Å². The maximum Gasteiger partial charge on any atom is 0.113 e. The van der Waals surface area contributed by atoms with Gasteiger partial charge < -0.3 is 9.47 Å². The molecule has 1 aromatic rings. The summed E-state index contributed by atoms with van der Waals surface area (Å²) in [5.74, 6) is 0. The average molecular weight is 207 g/mol. The maximum atomic E-state index is 5.52. The zero-order valence-corrected chi connectivity index (χ0v) is 9.69. The van der Waals surface area contributed by atoms with Crippen LogP contribution in [0.15, 0.2) is 30.3 Å². The first-order valence-corrected chi connectivity index (χ1v) is 5.22. The minimum absolute atomic E-state index is 0.0872. The van der Waals surface area contributed by atoms with E-state index < -0.39 is 0 Å². The van der Waals surface area contributed by atoms with Crippen molar-refractivity contribution < 1.29 is 9.47 Å². The van der Waals surface area contributed by atoms with E-state index >= 15 is 0 Å². The van der Waals surface area contributed by atoms with E-state index in [0.717, 1.165) is 5.56 Å². The molecule has 83 valence electrons. The summed E-state index contributed by atoms with van der Waals surface area (Å²) in [5, 5.41) is 0. The van der Waals surface area contributed by atoms with Gasteiger partial charge in [0.1, 0.15) is 6.61 Å². The van der Waals surface area contributed by atoms with E-state index in [1.165, 1.54) is 0 Å². The average Bonchev–Trinajstić information content (AvgIpc) is 2.17. The fourth-order valence-electron chi connectivity index (χ4n) is 1.08.